The average Bonchev–Trinajstić information content (AvgIpc) is 0.829. The van der Waals surface area contributed by atoms with E-state index in [9.17, 15) is 47.0 Å². The molecule has 3 aromatic carbocycles. The number of thiazole rings is 3. The molecule has 3 saturated heterocycles. The van der Waals surface area contributed by atoms with Gasteiger partial charge in [-0.15, -0.1) is 34.0 Å². The third-order valence-electron chi connectivity index (χ3n) is 18.2. The number of amidine groups is 3. The van der Waals surface area contributed by atoms with Crippen LogP contribution >= 0.6 is 73.1 Å². The second kappa shape index (κ2) is 42.4. The molecule has 0 saturated carbocycles. The van der Waals surface area contributed by atoms with Gasteiger partial charge in [-0.25, -0.2) is 42.5 Å². The second-order valence-electron chi connectivity index (χ2n) is 26.8. The van der Waals surface area contributed by atoms with Crippen LogP contribution in [-0.2, 0) is 57.2 Å². The number of carbonyl (C=O) groups is 6. The molecule has 0 aliphatic carbocycles. The van der Waals surface area contributed by atoms with Crippen molar-refractivity contribution < 1.29 is 85.7 Å². The molecule has 0 amide bonds. The fraction of sp³-hybridized carbons (Fsp3) is 0.440. The third kappa shape index (κ3) is 24.3. The van der Waals surface area contributed by atoms with Crippen LogP contribution in [0.1, 0.15) is 70.6 Å². The minimum Gasteiger partial charge on any atom is -0.480 e. The predicted octanol–water partition coefficient (Wildman–Crippen LogP) is 7.79. The molecule has 612 valence electrons. The van der Waals surface area contributed by atoms with Gasteiger partial charge in [0.1, 0.15) is 35.6 Å². The molecule has 12 rings (SSSR count). The van der Waals surface area contributed by atoms with Crippen molar-refractivity contribution in [3.8, 4) is 0 Å². The van der Waals surface area contributed by atoms with Crippen LogP contribution in [0.3, 0.4) is 0 Å². The number of aliphatic carboxylic acids is 3. The van der Waals surface area contributed by atoms with Crippen molar-refractivity contribution in [3.63, 3.8) is 0 Å². The van der Waals surface area contributed by atoms with Gasteiger partial charge in [0.15, 0.2) is 32.5 Å². The second-order valence-corrected chi connectivity index (χ2v) is 31.1. The van der Waals surface area contributed by atoms with Gasteiger partial charge in [-0.1, -0.05) is 57.3 Å². The largest absolute Gasteiger partial charge is 0.480 e. The van der Waals surface area contributed by atoms with Crippen molar-refractivity contribution in [2.75, 3.05) is 159 Å². The Balaban J connectivity index is 0.000000181. The van der Waals surface area contributed by atoms with E-state index in [4.69, 9.17) is 76.8 Å². The van der Waals surface area contributed by atoms with E-state index in [2.05, 4.69) is 61.5 Å². The lowest BCUT2D eigenvalue weighted by molar-refractivity contribution is -0.140. The summed E-state index contributed by atoms with van der Waals surface area (Å²) >= 11 is 20.5. The standard InChI is InChI=1S/C25H29BrFN5O5S.2C25H29ClFN5O5S/c1-3-36-25(35)21-19(13-32-7-8-37-16(12-32)11-31(2)14-20(33)34)29-23(24-28-6-9-38-24)30-22(21)17-5-4-15(27)10-18(17)26;1-3-37-25(35)21-19(12-32-7-8-36-14-16(32)11-31(2)13-20(33)34)29-23(24-28-6-9-38-24)30-22(21)17-5-4-15(27)10-18(17)26;1-3-36-25(35)21-19(13-32-7-8-37-16(12-32)11-31(2)14-20(33)34)29-23(24-28-6-9-38-24)30-22(21)17-5-4-15(27)10-18(17)26/h3*4-6,9-10,16,22H,3,7-8,11-14H2,1-2H3,(H,29,30)(H,33,34)/t3*16?,22-/m000/s1. The monoisotopic (exact) mass is 1740 g/mol. The molecule has 6 N–H and O–H groups in total. The SMILES string of the molecule is CCOC(=O)C1=C(CN2CCOC(CN(C)CC(=O)O)C2)NC(c2nccs2)=N[C@H]1c1ccc(F)cc1Br.CCOC(=O)C1=C(CN2CCOC(CN(C)CC(=O)O)C2)NC(c2nccs2)=N[C@H]1c1ccc(F)cc1Cl.CCOC(=O)C1=C(CN2CCOCC2CN(C)CC(=O)O)NC(c2nccs2)=N[C@H]1c1ccc(F)cc1Cl. The fourth-order valence-electron chi connectivity index (χ4n) is 13.4. The Morgan fingerprint density at radius 1 is 0.535 bits per heavy atom. The van der Waals surface area contributed by atoms with Gasteiger partial charge in [0.2, 0.25) is 0 Å². The Morgan fingerprint density at radius 2 is 0.904 bits per heavy atom. The number of hydrogen-bond acceptors (Lipinski definition) is 30. The minimum atomic E-state index is -0.916. The van der Waals surface area contributed by atoms with Crippen LogP contribution in [0.5, 0.6) is 0 Å². The number of halogens is 6. The number of ether oxygens (including phenoxy) is 6. The van der Waals surface area contributed by atoms with Crippen LogP contribution in [0.25, 0.3) is 0 Å². The number of carboxylic acids is 3. The first-order valence-corrected chi connectivity index (χ1v) is 40.4. The molecular formula is C75H87BrCl2F3N15O15S3. The molecule has 0 bridgehead atoms. The van der Waals surface area contributed by atoms with Crippen LogP contribution in [-0.4, -0.2) is 290 Å². The Kier molecular flexibility index (Phi) is 32.7. The number of nitrogens with one attached hydrogen (secondary N) is 3. The third-order valence-corrected chi connectivity index (χ3v) is 21.9. The van der Waals surface area contributed by atoms with Crippen molar-refractivity contribution in [2.24, 2.45) is 15.0 Å². The Labute approximate surface area is 686 Å². The molecule has 39 heteroatoms. The van der Waals surface area contributed by atoms with E-state index in [-0.39, 0.29) is 78.9 Å². The number of carboxylic acid groups (broad SMARTS) is 3. The molecule has 6 atom stereocenters. The van der Waals surface area contributed by atoms with Crippen molar-refractivity contribution >= 4 is 126 Å². The maximum absolute atomic E-state index is 13.9. The Morgan fingerprint density at radius 3 is 1.26 bits per heavy atom. The van der Waals surface area contributed by atoms with E-state index in [0.717, 1.165) is 0 Å². The van der Waals surface area contributed by atoms with Crippen molar-refractivity contribution in [2.45, 2.75) is 57.1 Å². The zero-order valence-electron chi connectivity index (χ0n) is 63.1. The van der Waals surface area contributed by atoms with E-state index < -0.39 is 71.4 Å². The van der Waals surface area contributed by atoms with Gasteiger partial charge in [0.25, 0.3) is 0 Å². The van der Waals surface area contributed by atoms with E-state index in [1.54, 1.807) is 81.3 Å². The van der Waals surface area contributed by atoms with Crippen molar-refractivity contribution in [3.05, 3.63) is 187 Å². The highest BCUT2D eigenvalue weighted by Gasteiger charge is 2.40. The normalized spacial score (nSPS) is 20.3. The van der Waals surface area contributed by atoms with Gasteiger partial charge < -0.3 is 59.7 Å². The number of nitrogens with zero attached hydrogens (tertiary/aromatic N) is 12. The fourth-order valence-corrected chi connectivity index (χ4v) is 16.3. The van der Waals surface area contributed by atoms with Gasteiger partial charge in [-0.05, 0) is 83.9 Å². The number of esters is 3. The van der Waals surface area contributed by atoms with Crippen LogP contribution in [0.2, 0.25) is 10.0 Å². The molecule has 6 aromatic rings. The van der Waals surface area contributed by atoms with Crippen molar-refractivity contribution in [1.82, 2.24) is 60.3 Å². The molecule has 3 fully saturated rings. The summed E-state index contributed by atoms with van der Waals surface area (Å²) in [7, 11) is 5.21. The molecule has 3 aromatic heterocycles. The summed E-state index contributed by atoms with van der Waals surface area (Å²) in [6.45, 7) is 12.5. The average molecular weight is 1740 g/mol. The Hall–Kier alpha value is -8.51. The van der Waals surface area contributed by atoms with Crippen LogP contribution in [0.4, 0.5) is 13.2 Å². The van der Waals surface area contributed by atoms with E-state index in [0.29, 0.717) is 175 Å². The molecule has 0 radical (unpaired) electrons. The van der Waals surface area contributed by atoms with Gasteiger partial charge in [-0.2, -0.15) is 0 Å². The zero-order valence-corrected chi connectivity index (χ0v) is 68.6. The molecule has 9 heterocycles. The smallest absolute Gasteiger partial charge is 0.338 e. The maximum atomic E-state index is 13.9. The van der Waals surface area contributed by atoms with Crippen molar-refractivity contribution in [1.29, 1.82) is 0 Å². The van der Waals surface area contributed by atoms with Gasteiger partial charge >= 0.3 is 35.8 Å². The van der Waals surface area contributed by atoms with E-state index in [1.165, 1.54) is 82.5 Å². The summed E-state index contributed by atoms with van der Waals surface area (Å²) in [6.07, 6.45) is 4.59. The highest BCUT2D eigenvalue weighted by atomic mass is 79.9. The number of rotatable bonds is 30. The first-order valence-electron chi connectivity index (χ1n) is 36.3. The molecule has 114 heavy (non-hydrogen) atoms. The highest BCUT2D eigenvalue weighted by molar-refractivity contribution is 9.10. The molecule has 30 nitrogen and oxygen atoms in total. The summed E-state index contributed by atoms with van der Waals surface area (Å²) in [5, 5.41) is 44.9. The quantitative estimate of drug-likeness (QED) is 0.0185. The van der Waals surface area contributed by atoms with E-state index in [1.807, 2.05) is 16.1 Å². The van der Waals surface area contributed by atoms with Gasteiger partial charge in [0.05, 0.1) is 94.8 Å². The first-order chi connectivity index (χ1) is 54.8. The molecule has 6 aliphatic heterocycles. The van der Waals surface area contributed by atoms with Gasteiger partial charge in [-0.3, -0.25) is 58.8 Å². The first kappa shape index (κ1) is 87.9. The summed E-state index contributed by atoms with van der Waals surface area (Å²) < 4.78 is 75.9. The zero-order chi connectivity index (χ0) is 81.7. The summed E-state index contributed by atoms with van der Waals surface area (Å²) in [5.74, 6) is -4.30. The number of likely N-dealkylation sites (N-methyl/N-ethyl adjacent to an activating group) is 3. The number of carbonyl (C=O) groups excluding carboxylic acids is 3. The summed E-state index contributed by atoms with van der Waals surface area (Å²) in [4.78, 5) is 112. The van der Waals surface area contributed by atoms with Crippen LogP contribution in [0, 0.1) is 17.5 Å². The molecule has 6 aliphatic rings. The predicted molar refractivity (Wildman–Crippen MR) is 425 cm³/mol. The van der Waals surface area contributed by atoms with E-state index >= 15 is 0 Å². The minimum absolute atomic E-state index is 0.0819. The number of hydrogen-bond donors (Lipinski definition) is 6. The number of morpholine rings is 3. The molecular weight excluding hydrogens is 1650 g/mol. The summed E-state index contributed by atoms with van der Waals surface area (Å²) in [5.41, 5.74) is 4.20. The molecule has 3 unspecified atom stereocenters. The number of benzene rings is 3. The lowest BCUT2D eigenvalue weighted by Crippen LogP contribution is -2.53. The highest BCUT2D eigenvalue weighted by Crippen LogP contribution is 2.41. The van der Waals surface area contributed by atoms with Gasteiger partial charge in [0, 0.05) is 156 Å². The number of aromatic nitrogens is 3. The molecule has 0 spiro atoms. The topological polar surface area (TPSA) is 350 Å². The maximum Gasteiger partial charge on any atom is 0.338 e. The lowest BCUT2D eigenvalue weighted by Gasteiger charge is -2.39. The van der Waals surface area contributed by atoms with Crippen LogP contribution in [0.15, 0.2) is 143 Å². The summed E-state index contributed by atoms with van der Waals surface area (Å²) in [6, 6.07) is 9.71. The number of aliphatic imine (C=N–C) groups is 3. The lowest BCUT2D eigenvalue weighted by atomic mass is 9.95. The Bertz CT molecular complexity index is 4380. The van der Waals surface area contributed by atoms with Crippen LogP contribution < -0.4 is 16.0 Å².